The van der Waals surface area contributed by atoms with Crippen molar-refractivity contribution in [2.75, 3.05) is 18.0 Å². The normalized spacial score (nSPS) is 15.7. The maximum absolute atomic E-state index is 11.6. The summed E-state index contributed by atoms with van der Waals surface area (Å²) in [6, 6.07) is 7.89. The van der Waals surface area contributed by atoms with Crippen molar-refractivity contribution < 1.29 is 14.6 Å². The first kappa shape index (κ1) is 14.7. The van der Waals surface area contributed by atoms with E-state index in [0.717, 1.165) is 24.3 Å². The summed E-state index contributed by atoms with van der Waals surface area (Å²) in [6.45, 7) is 7.10. The molecule has 0 saturated carbocycles. The molecule has 0 aromatic heterocycles. The van der Waals surface area contributed by atoms with Crippen molar-refractivity contribution in [2.45, 2.75) is 39.0 Å². The van der Waals surface area contributed by atoms with Crippen molar-refractivity contribution in [3.63, 3.8) is 0 Å². The quantitative estimate of drug-likeness (QED) is 0.886. The molecule has 0 atom stereocenters. The second-order valence-corrected chi connectivity index (χ2v) is 6.08. The SMILES string of the molecule is CC(C)(C)OC(=O)NC1CN(c2cccc(CO)c2)C1. The van der Waals surface area contributed by atoms with E-state index in [9.17, 15) is 4.79 Å². The van der Waals surface area contributed by atoms with Crippen LogP contribution in [0.5, 0.6) is 0 Å². The number of alkyl carbamates (subject to hydrolysis) is 1. The molecule has 1 saturated heterocycles. The first-order valence-corrected chi connectivity index (χ1v) is 6.81. The van der Waals surface area contributed by atoms with Crippen LogP contribution in [0.4, 0.5) is 10.5 Å². The molecule has 20 heavy (non-hydrogen) atoms. The van der Waals surface area contributed by atoms with Crippen LogP contribution in [-0.2, 0) is 11.3 Å². The van der Waals surface area contributed by atoms with Crippen molar-refractivity contribution in [3.05, 3.63) is 29.8 Å². The lowest BCUT2D eigenvalue weighted by atomic mass is 10.1. The zero-order valence-electron chi connectivity index (χ0n) is 12.2. The predicted molar refractivity (Wildman–Crippen MR) is 77.7 cm³/mol. The van der Waals surface area contributed by atoms with Gasteiger partial charge in [-0.25, -0.2) is 4.79 Å². The molecule has 0 bridgehead atoms. The number of amides is 1. The van der Waals surface area contributed by atoms with E-state index in [2.05, 4.69) is 10.2 Å². The number of hydrogen-bond donors (Lipinski definition) is 2. The third kappa shape index (κ3) is 3.87. The Morgan fingerprint density at radius 2 is 2.15 bits per heavy atom. The summed E-state index contributed by atoms with van der Waals surface area (Å²) in [5.74, 6) is 0. The van der Waals surface area contributed by atoms with Gasteiger partial charge in [0.05, 0.1) is 12.6 Å². The lowest BCUT2D eigenvalue weighted by Crippen LogP contribution is -2.60. The van der Waals surface area contributed by atoms with Gasteiger partial charge in [0, 0.05) is 18.8 Å². The monoisotopic (exact) mass is 278 g/mol. The van der Waals surface area contributed by atoms with Gasteiger partial charge in [0.15, 0.2) is 0 Å². The van der Waals surface area contributed by atoms with Gasteiger partial charge in [-0.15, -0.1) is 0 Å². The summed E-state index contributed by atoms with van der Waals surface area (Å²) < 4.78 is 5.22. The first-order valence-electron chi connectivity index (χ1n) is 6.81. The van der Waals surface area contributed by atoms with Crippen LogP contribution in [0.25, 0.3) is 0 Å². The van der Waals surface area contributed by atoms with Crippen LogP contribution in [0.15, 0.2) is 24.3 Å². The highest BCUT2D eigenvalue weighted by Gasteiger charge is 2.29. The second kappa shape index (κ2) is 5.71. The summed E-state index contributed by atoms with van der Waals surface area (Å²) in [7, 11) is 0. The number of rotatable bonds is 3. The van der Waals surface area contributed by atoms with E-state index in [1.165, 1.54) is 0 Å². The van der Waals surface area contributed by atoms with E-state index in [0.29, 0.717) is 0 Å². The van der Waals surface area contributed by atoms with Crippen molar-refractivity contribution in [3.8, 4) is 0 Å². The van der Waals surface area contributed by atoms with Crippen LogP contribution < -0.4 is 10.2 Å². The zero-order chi connectivity index (χ0) is 14.8. The fourth-order valence-electron chi connectivity index (χ4n) is 2.11. The summed E-state index contributed by atoms with van der Waals surface area (Å²) >= 11 is 0. The minimum Gasteiger partial charge on any atom is -0.444 e. The highest BCUT2D eigenvalue weighted by molar-refractivity contribution is 5.69. The highest BCUT2D eigenvalue weighted by atomic mass is 16.6. The van der Waals surface area contributed by atoms with Gasteiger partial charge in [-0.1, -0.05) is 12.1 Å². The largest absolute Gasteiger partial charge is 0.444 e. The molecular weight excluding hydrogens is 256 g/mol. The molecule has 5 heteroatoms. The average Bonchev–Trinajstić information content (AvgIpc) is 2.31. The lowest BCUT2D eigenvalue weighted by molar-refractivity contribution is 0.0496. The van der Waals surface area contributed by atoms with E-state index in [1.54, 1.807) is 0 Å². The summed E-state index contributed by atoms with van der Waals surface area (Å²) in [5, 5.41) is 12.0. The number of anilines is 1. The zero-order valence-corrected chi connectivity index (χ0v) is 12.2. The molecule has 0 radical (unpaired) electrons. The summed E-state index contributed by atoms with van der Waals surface area (Å²) in [5.41, 5.74) is 1.49. The molecule has 2 N–H and O–H groups in total. The van der Waals surface area contributed by atoms with Crippen molar-refractivity contribution in [1.29, 1.82) is 0 Å². The number of nitrogens with one attached hydrogen (secondary N) is 1. The van der Waals surface area contributed by atoms with Gasteiger partial charge in [-0.3, -0.25) is 0 Å². The molecule has 1 aliphatic heterocycles. The van der Waals surface area contributed by atoms with Gasteiger partial charge < -0.3 is 20.1 Å². The van der Waals surface area contributed by atoms with E-state index in [1.807, 2.05) is 45.0 Å². The van der Waals surface area contributed by atoms with Crippen LogP contribution >= 0.6 is 0 Å². The van der Waals surface area contributed by atoms with E-state index < -0.39 is 5.60 Å². The Bertz CT molecular complexity index is 476. The predicted octanol–water partition coefficient (Wildman–Crippen LogP) is 1.89. The van der Waals surface area contributed by atoms with Gasteiger partial charge in [0.1, 0.15) is 5.60 Å². The van der Waals surface area contributed by atoms with Crippen molar-refractivity contribution >= 4 is 11.8 Å². The number of ether oxygens (including phenoxy) is 1. The Balaban J connectivity index is 1.81. The average molecular weight is 278 g/mol. The fraction of sp³-hybridized carbons (Fsp3) is 0.533. The van der Waals surface area contributed by atoms with E-state index >= 15 is 0 Å². The number of aliphatic hydroxyl groups excluding tert-OH is 1. The Hall–Kier alpha value is -1.75. The Morgan fingerprint density at radius 3 is 2.75 bits per heavy atom. The van der Waals surface area contributed by atoms with E-state index in [4.69, 9.17) is 9.84 Å². The number of hydrogen-bond acceptors (Lipinski definition) is 4. The summed E-state index contributed by atoms with van der Waals surface area (Å²) in [6.07, 6.45) is -0.369. The molecular formula is C15H22N2O3. The van der Waals surface area contributed by atoms with Crippen molar-refractivity contribution in [1.82, 2.24) is 5.32 Å². The minimum absolute atomic E-state index is 0.0429. The molecule has 0 unspecified atom stereocenters. The smallest absolute Gasteiger partial charge is 0.407 e. The van der Waals surface area contributed by atoms with Gasteiger partial charge in [0.25, 0.3) is 0 Å². The number of carbonyl (C=O) groups is 1. The maximum Gasteiger partial charge on any atom is 0.407 e. The van der Waals surface area contributed by atoms with Crippen LogP contribution in [0, 0.1) is 0 Å². The minimum atomic E-state index is -0.469. The molecule has 5 nitrogen and oxygen atoms in total. The van der Waals surface area contributed by atoms with Crippen molar-refractivity contribution in [2.24, 2.45) is 0 Å². The molecule has 1 heterocycles. The Labute approximate surface area is 119 Å². The molecule has 1 aromatic carbocycles. The molecule has 0 spiro atoms. The van der Waals surface area contributed by atoms with Crippen LogP contribution in [-0.4, -0.2) is 35.9 Å². The second-order valence-electron chi connectivity index (χ2n) is 6.08. The summed E-state index contributed by atoms with van der Waals surface area (Å²) in [4.78, 5) is 13.8. The Kier molecular flexibility index (Phi) is 4.18. The van der Waals surface area contributed by atoms with Gasteiger partial charge in [-0.2, -0.15) is 0 Å². The van der Waals surface area contributed by atoms with Gasteiger partial charge >= 0.3 is 6.09 Å². The number of aliphatic hydroxyl groups is 1. The van der Waals surface area contributed by atoms with E-state index in [-0.39, 0.29) is 18.7 Å². The van der Waals surface area contributed by atoms with Crippen LogP contribution in [0.3, 0.4) is 0 Å². The molecule has 1 amide bonds. The van der Waals surface area contributed by atoms with Gasteiger partial charge in [-0.05, 0) is 38.5 Å². The number of carbonyl (C=O) groups excluding carboxylic acids is 1. The standard InChI is InChI=1S/C15H22N2O3/c1-15(2,3)20-14(19)16-12-8-17(9-12)13-6-4-5-11(7-13)10-18/h4-7,12,18H,8-10H2,1-3H3,(H,16,19). The lowest BCUT2D eigenvalue weighted by Gasteiger charge is -2.41. The van der Waals surface area contributed by atoms with Crippen LogP contribution in [0.2, 0.25) is 0 Å². The number of nitrogens with zero attached hydrogens (tertiary/aromatic N) is 1. The maximum atomic E-state index is 11.6. The molecule has 1 aromatic rings. The molecule has 1 aliphatic rings. The third-order valence-electron chi connectivity index (χ3n) is 3.06. The first-order chi connectivity index (χ1) is 9.37. The van der Waals surface area contributed by atoms with Crippen LogP contribution in [0.1, 0.15) is 26.3 Å². The van der Waals surface area contributed by atoms with Gasteiger partial charge in [0.2, 0.25) is 0 Å². The topological polar surface area (TPSA) is 61.8 Å². The Morgan fingerprint density at radius 1 is 1.45 bits per heavy atom. The molecule has 0 aliphatic carbocycles. The third-order valence-corrected chi connectivity index (χ3v) is 3.06. The fourth-order valence-corrected chi connectivity index (χ4v) is 2.11. The molecule has 110 valence electrons. The molecule has 2 rings (SSSR count). The molecule has 1 fully saturated rings. The number of benzene rings is 1. The highest BCUT2D eigenvalue weighted by Crippen LogP contribution is 2.22.